The molecule has 1 aliphatic heterocycles. The molecule has 0 aliphatic carbocycles. The average molecular weight is 366 g/mol. The topological polar surface area (TPSA) is 48.5 Å². The van der Waals surface area contributed by atoms with Gasteiger partial charge in [0.15, 0.2) is 0 Å². The number of fused-ring (bicyclic) bond motifs is 1. The summed E-state index contributed by atoms with van der Waals surface area (Å²) in [4.78, 5) is 21.8. The van der Waals surface area contributed by atoms with Crippen LogP contribution in [0.2, 0.25) is 0 Å². The van der Waals surface area contributed by atoms with Crippen molar-refractivity contribution in [1.82, 2.24) is 9.88 Å². The summed E-state index contributed by atoms with van der Waals surface area (Å²) < 4.78 is 1.03. The second-order valence-corrected chi connectivity index (χ2v) is 7.40. The van der Waals surface area contributed by atoms with Gasteiger partial charge >= 0.3 is 0 Å². The zero-order valence-electron chi connectivity index (χ0n) is 14.8. The van der Waals surface area contributed by atoms with E-state index in [1.807, 2.05) is 29.6 Å². The Bertz CT molecular complexity index is 915. The quantitative estimate of drug-likeness (QED) is 0.765. The highest BCUT2D eigenvalue weighted by atomic mass is 32.1. The monoisotopic (exact) mass is 366 g/mol. The molecule has 1 aliphatic rings. The number of carbonyl (C=O) groups excluding carboxylic acids is 1. The molecule has 26 heavy (non-hydrogen) atoms. The van der Waals surface area contributed by atoms with Crippen molar-refractivity contribution in [3.05, 3.63) is 53.5 Å². The number of nitrogens with zero attached hydrogens (tertiary/aromatic N) is 3. The third-order valence-electron chi connectivity index (χ3n) is 4.85. The van der Waals surface area contributed by atoms with Gasteiger partial charge in [-0.05, 0) is 42.3 Å². The number of anilines is 2. The summed E-state index contributed by atoms with van der Waals surface area (Å²) in [6, 6.07) is 11.9. The molecular weight excluding hydrogens is 344 g/mol. The molecular formula is C20H22N4OS. The Hall–Kier alpha value is -2.44. The van der Waals surface area contributed by atoms with E-state index < -0.39 is 0 Å². The van der Waals surface area contributed by atoms with Gasteiger partial charge in [-0.2, -0.15) is 0 Å². The van der Waals surface area contributed by atoms with Crippen LogP contribution in [0.25, 0.3) is 10.2 Å². The lowest BCUT2D eigenvalue weighted by Crippen LogP contribution is -2.46. The van der Waals surface area contributed by atoms with Crippen molar-refractivity contribution >= 4 is 38.8 Å². The van der Waals surface area contributed by atoms with E-state index in [0.29, 0.717) is 5.56 Å². The van der Waals surface area contributed by atoms with E-state index in [1.165, 1.54) is 0 Å². The average Bonchev–Trinajstić information content (AvgIpc) is 3.16. The number of amides is 1. The van der Waals surface area contributed by atoms with Gasteiger partial charge in [-0.15, -0.1) is 11.3 Å². The fourth-order valence-corrected chi connectivity index (χ4v) is 4.06. The number of likely N-dealkylation sites (N-methyl/N-ethyl adjacent to an activating group) is 1. The van der Waals surface area contributed by atoms with E-state index in [9.17, 15) is 4.79 Å². The van der Waals surface area contributed by atoms with Crippen LogP contribution in [0.15, 0.2) is 48.0 Å². The fraction of sp³-hybridized carbons (Fsp3) is 0.300. The number of benzene rings is 1. The molecule has 3 aromatic rings. The van der Waals surface area contributed by atoms with Crippen molar-refractivity contribution in [3.63, 3.8) is 0 Å². The van der Waals surface area contributed by atoms with Gasteiger partial charge in [0.25, 0.3) is 5.91 Å². The molecule has 4 rings (SSSR count). The Balaban J connectivity index is 1.47. The van der Waals surface area contributed by atoms with Gasteiger partial charge in [0.2, 0.25) is 0 Å². The van der Waals surface area contributed by atoms with E-state index in [2.05, 4.69) is 39.2 Å². The zero-order chi connectivity index (χ0) is 17.9. The predicted octanol–water partition coefficient (Wildman–Crippen LogP) is 3.69. The lowest BCUT2D eigenvalue weighted by atomic mass is 10.2. The molecule has 6 heteroatoms. The molecule has 0 bridgehead atoms. The van der Waals surface area contributed by atoms with Gasteiger partial charge in [0.05, 0.1) is 15.8 Å². The lowest BCUT2D eigenvalue weighted by Gasteiger charge is -2.35. The zero-order valence-corrected chi connectivity index (χ0v) is 15.6. The van der Waals surface area contributed by atoms with Crippen molar-refractivity contribution in [3.8, 4) is 0 Å². The molecule has 0 radical (unpaired) electrons. The van der Waals surface area contributed by atoms with Gasteiger partial charge in [-0.3, -0.25) is 9.78 Å². The predicted molar refractivity (Wildman–Crippen MR) is 108 cm³/mol. The van der Waals surface area contributed by atoms with Crippen LogP contribution < -0.4 is 10.2 Å². The number of piperazine rings is 1. The van der Waals surface area contributed by atoms with Gasteiger partial charge in [0.1, 0.15) is 0 Å². The van der Waals surface area contributed by atoms with Crippen LogP contribution >= 0.6 is 11.3 Å². The molecule has 1 fully saturated rings. The molecule has 0 spiro atoms. The van der Waals surface area contributed by atoms with Crippen molar-refractivity contribution in [2.45, 2.75) is 6.92 Å². The molecule has 1 N–H and O–H groups in total. The first-order chi connectivity index (χ1) is 12.7. The molecule has 3 heterocycles. The SMILES string of the molecule is CCN1CCN(c2cccc(NC(=O)c3cnc4ccsc4c3)c2)CC1. The largest absolute Gasteiger partial charge is 0.369 e. The van der Waals surface area contributed by atoms with Crippen molar-refractivity contribution < 1.29 is 4.79 Å². The first kappa shape index (κ1) is 17.0. The molecule has 134 valence electrons. The number of hydrogen-bond acceptors (Lipinski definition) is 5. The summed E-state index contributed by atoms with van der Waals surface area (Å²) in [7, 11) is 0. The number of pyridine rings is 1. The molecule has 0 unspecified atom stereocenters. The highest BCUT2D eigenvalue weighted by Crippen LogP contribution is 2.23. The first-order valence-electron chi connectivity index (χ1n) is 8.95. The molecule has 0 atom stereocenters. The van der Waals surface area contributed by atoms with Crippen LogP contribution in [0.5, 0.6) is 0 Å². The van der Waals surface area contributed by atoms with Crippen LogP contribution in [0.1, 0.15) is 17.3 Å². The Labute approximate surface area is 157 Å². The number of nitrogens with one attached hydrogen (secondary N) is 1. The summed E-state index contributed by atoms with van der Waals surface area (Å²) in [5, 5.41) is 4.99. The Morgan fingerprint density at radius 1 is 1.19 bits per heavy atom. The van der Waals surface area contributed by atoms with Gasteiger partial charge in [0, 0.05) is 43.8 Å². The molecule has 1 amide bonds. The normalized spacial score (nSPS) is 15.3. The summed E-state index contributed by atoms with van der Waals surface area (Å²) in [6.07, 6.45) is 1.64. The molecule has 1 aromatic carbocycles. The second kappa shape index (κ2) is 7.43. The Morgan fingerprint density at radius 3 is 2.85 bits per heavy atom. The standard InChI is InChI=1S/C20H22N4OS/c1-2-23-7-9-24(10-8-23)17-5-3-4-16(13-17)22-20(25)15-12-19-18(21-14-15)6-11-26-19/h3-6,11-14H,2,7-10H2,1H3,(H,22,25). The summed E-state index contributed by atoms with van der Waals surface area (Å²) in [6.45, 7) is 7.51. The highest BCUT2D eigenvalue weighted by molar-refractivity contribution is 7.17. The second-order valence-electron chi connectivity index (χ2n) is 6.45. The molecule has 1 saturated heterocycles. The van der Waals surface area contributed by atoms with Gasteiger partial charge in [-0.1, -0.05) is 13.0 Å². The third kappa shape index (κ3) is 3.57. The first-order valence-corrected chi connectivity index (χ1v) is 9.83. The lowest BCUT2D eigenvalue weighted by molar-refractivity contribution is 0.102. The van der Waals surface area contributed by atoms with Gasteiger partial charge in [-0.25, -0.2) is 0 Å². The van der Waals surface area contributed by atoms with Crippen LogP contribution in [-0.4, -0.2) is 48.5 Å². The third-order valence-corrected chi connectivity index (χ3v) is 5.71. The maximum atomic E-state index is 12.6. The van der Waals surface area contributed by atoms with E-state index >= 15 is 0 Å². The molecule has 5 nitrogen and oxygen atoms in total. The van der Waals surface area contributed by atoms with E-state index in [-0.39, 0.29) is 5.91 Å². The van der Waals surface area contributed by atoms with Crippen LogP contribution in [0, 0.1) is 0 Å². The summed E-state index contributed by atoms with van der Waals surface area (Å²) in [5.74, 6) is -0.124. The smallest absolute Gasteiger partial charge is 0.257 e. The van der Waals surface area contributed by atoms with E-state index in [0.717, 1.165) is 54.3 Å². The highest BCUT2D eigenvalue weighted by Gasteiger charge is 2.16. The minimum absolute atomic E-state index is 0.124. The number of hydrogen-bond donors (Lipinski definition) is 1. The minimum atomic E-state index is -0.124. The number of thiophene rings is 1. The number of carbonyl (C=O) groups is 1. The maximum absolute atomic E-state index is 12.6. The van der Waals surface area contributed by atoms with E-state index in [4.69, 9.17) is 0 Å². The Kier molecular flexibility index (Phi) is 4.86. The fourth-order valence-electron chi connectivity index (χ4n) is 3.28. The maximum Gasteiger partial charge on any atom is 0.257 e. The van der Waals surface area contributed by atoms with Crippen molar-refractivity contribution in [2.75, 3.05) is 42.9 Å². The van der Waals surface area contributed by atoms with Crippen LogP contribution in [0.4, 0.5) is 11.4 Å². The Morgan fingerprint density at radius 2 is 2.04 bits per heavy atom. The van der Waals surface area contributed by atoms with Crippen molar-refractivity contribution in [2.24, 2.45) is 0 Å². The van der Waals surface area contributed by atoms with Crippen molar-refractivity contribution in [1.29, 1.82) is 0 Å². The molecule has 0 saturated carbocycles. The summed E-state index contributed by atoms with van der Waals surface area (Å²) in [5.41, 5.74) is 3.49. The molecule has 2 aromatic heterocycles. The summed E-state index contributed by atoms with van der Waals surface area (Å²) >= 11 is 1.60. The number of rotatable bonds is 4. The van der Waals surface area contributed by atoms with E-state index in [1.54, 1.807) is 17.5 Å². The van der Waals surface area contributed by atoms with Crippen LogP contribution in [-0.2, 0) is 0 Å². The minimum Gasteiger partial charge on any atom is -0.369 e. The van der Waals surface area contributed by atoms with Crippen LogP contribution in [0.3, 0.4) is 0 Å². The number of aromatic nitrogens is 1. The van der Waals surface area contributed by atoms with Gasteiger partial charge < -0.3 is 15.1 Å².